The van der Waals surface area contributed by atoms with Gasteiger partial charge in [0.1, 0.15) is 5.76 Å². The molecule has 19 heavy (non-hydrogen) atoms. The van der Waals surface area contributed by atoms with Gasteiger partial charge in [0.15, 0.2) is 5.78 Å². The molecule has 0 amide bonds. The van der Waals surface area contributed by atoms with Gasteiger partial charge in [0.2, 0.25) is 0 Å². The maximum Gasteiger partial charge on any atom is 0.176 e. The minimum absolute atomic E-state index is 0.147. The van der Waals surface area contributed by atoms with Gasteiger partial charge in [0.25, 0.3) is 0 Å². The van der Waals surface area contributed by atoms with E-state index < -0.39 is 0 Å². The molecule has 0 saturated carbocycles. The molecular formula is C16H19NO2. The first-order valence-corrected chi connectivity index (χ1v) is 6.53. The molecule has 1 aromatic carbocycles. The number of nitrogens with zero attached hydrogens (tertiary/aromatic N) is 1. The van der Waals surface area contributed by atoms with Crippen molar-refractivity contribution in [1.29, 1.82) is 0 Å². The molecule has 0 radical (unpaired) electrons. The minimum atomic E-state index is 0.147. The third-order valence-electron chi connectivity index (χ3n) is 3.15. The van der Waals surface area contributed by atoms with E-state index >= 15 is 0 Å². The predicted octanol–water partition coefficient (Wildman–Crippen LogP) is 3.29. The lowest BCUT2D eigenvalue weighted by molar-refractivity contribution is 0.0925. The number of rotatable bonds is 6. The predicted molar refractivity (Wildman–Crippen MR) is 75.2 cm³/mol. The van der Waals surface area contributed by atoms with Crippen molar-refractivity contribution < 1.29 is 9.21 Å². The number of aryl methyl sites for hydroxylation is 1. The average Bonchev–Trinajstić information content (AvgIpc) is 2.91. The van der Waals surface area contributed by atoms with Crippen molar-refractivity contribution in [1.82, 2.24) is 4.90 Å². The summed E-state index contributed by atoms with van der Waals surface area (Å²) < 4.78 is 5.32. The molecule has 0 N–H and O–H groups in total. The van der Waals surface area contributed by atoms with E-state index in [2.05, 4.69) is 4.90 Å². The number of carbonyl (C=O) groups excluding carboxylic acids is 1. The topological polar surface area (TPSA) is 33.5 Å². The lowest BCUT2D eigenvalue weighted by Gasteiger charge is -2.18. The summed E-state index contributed by atoms with van der Waals surface area (Å²) in [5, 5.41) is 0. The van der Waals surface area contributed by atoms with Gasteiger partial charge < -0.3 is 4.42 Å². The lowest BCUT2D eigenvalue weighted by atomic mass is 10.1. The molecular weight excluding hydrogens is 238 g/mol. The Balaban J connectivity index is 1.98. The van der Waals surface area contributed by atoms with Crippen LogP contribution in [0.15, 0.2) is 47.1 Å². The highest BCUT2D eigenvalue weighted by Gasteiger charge is 2.12. The molecule has 0 unspecified atom stereocenters. The van der Waals surface area contributed by atoms with Gasteiger partial charge in [-0.25, -0.2) is 0 Å². The van der Waals surface area contributed by atoms with Crippen LogP contribution in [0.3, 0.4) is 0 Å². The Morgan fingerprint density at radius 2 is 1.95 bits per heavy atom. The van der Waals surface area contributed by atoms with Crippen LogP contribution in [-0.4, -0.2) is 23.8 Å². The summed E-state index contributed by atoms with van der Waals surface area (Å²) in [6.45, 7) is 5.97. The fraction of sp³-hybridized carbons (Fsp3) is 0.312. The average molecular weight is 257 g/mol. The fourth-order valence-electron chi connectivity index (χ4n) is 1.94. The molecule has 0 spiro atoms. The van der Waals surface area contributed by atoms with Gasteiger partial charge in [-0.2, -0.15) is 0 Å². The van der Waals surface area contributed by atoms with Gasteiger partial charge in [-0.15, -0.1) is 0 Å². The van der Waals surface area contributed by atoms with E-state index in [1.54, 1.807) is 6.26 Å². The second-order valence-corrected chi connectivity index (χ2v) is 4.67. The molecule has 100 valence electrons. The first-order chi connectivity index (χ1) is 9.19. The van der Waals surface area contributed by atoms with E-state index in [9.17, 15) is 4.79 Å². The first kappa shape index (κ1) is 13.6. The molecule has 3 heteroatoms. The quantitative estimate of drug-likeness (QED) is 0.744. The first-order valence-electron chi connectivity index (χ1n) is 6.53. The number of hydrogen-bond acceptors (Lipinski definition) is 3. The van der Waals surface area contributed by atoms with E-state index in [-0.39, 0.29) is 5.78 Å². The summed E-state index contributed by atoms with van der Waals surface area (Å²) in [6, 6.07) is 11.5. The van der Waals surface area contributed by atoms with Gasteiger partial charge in [0.05, 0.1) is 19.4 Å². The summed E-state index contributed by atoms with van der Waals surface area (Å²) >= 11 is 0. The second kappa shape index (κ2) is 6.34. The zero-order valence-electron chi connectivity index (χ0n) is 11.4. The van der Waals surface area contributed by atoms with Gasteiger partial charge >= 0.3 is 0 Å². The lowest BCUT2D eigenvalue weighted by Crippen LogP contribution is -2.29. The Morgan fingerprint density at radius 1 is 1.21 bits per heavy atom. The molecule has 1 aromatic heterocycles. The highest BCUT2D eigenvalue weighted by Crippen LogP contribution is 2.08. The van der Waals surface area contributed by atoms with Crippen molar-refractivity contribution in [2.24, 2.45) is 0 Å². The maximum absolute atomic E-state index is 12.2. The molecule has 0 bridgehead atoms. The van der Waals surface area contributed by atoms with Crippen LogP contribution in [0.2, 0.25) is 0 Å². The van der Waals surface area contributed by atoms with Crippen molar-refractivity contribution >= 4 is 5.78 Å². The Morgan fingerprint density at radius 3 is 2.53 bits per heavy atom. The number of Topliss-reactive ketones (excluding diaryl/α,β-unsaturated/α-hetero) is 1. The van der Waals surface area contributed by atoms with Crippen molar-refractivity contribution in [3.63, 3.8) is 0 Å². The Kier molecular flexibility index (Phi) is 4.53. The summed E-state index contributed by atoms with van der Waals surface area (Å²) in [6.07, 6.45) is 1.66. The van der Waals surface area contributed by atoms with E-state index in [0.29, 0.717) is 13.1 Å². The number of carbonyl (C=O) groups is 1. The number of hydrogen-bond donors (Lipinski definition) is 0. The molecule has 2 rings (SSSR count). The van der Waals surface area contributed by atoms with Crippen LogP contribution in [-0.2, 0) is 6.54 Å². The molecule has 0 fully saturated rings. The van der Waals surface area contributed by atoms with E-state index in [1.807, 2.05) is 50.2 Å². The van der Waals surface area contributed by atoms with E-state index in [1.165, 1.54) is 5.56 Å². The van der Waals surface area contributed by atoms with Gasteiger partial charge in [0, 0.05) is 5.56 Å². The smallest absolute Gasteiger partial charge is 0.176 e. The van der Waals surface area contributed by atoms with Gasteiger partial charge in [-0.3, -0.25) is 9.69 Å². The fourth-order valence-corrected chi connectivity index (χ4v) is 1.94. The molecule has 0 aliphatic carbocycles. The Bertz CT molecular complexity index is 514. The third kappa shape index (κ3) is 3.80. The van der Waals surface area contributed by atoms with Crippen molar-refractivity contribution in [2.45, 2.75) is 20.4 Å². The van der Waals surface area contributed by atoms with Gasteiger partial charge in [-0.1, -0.05) is 36.8 Å². The summed E-state index contributed by atoms with van der Waals surface area (Å²) in [4.78, 5) is 14.3. The largest absolute Gasteiger partial charge is 0.468 e. The van der Waals surface area contributed by atoms with Crippen LogP contribution < -0.4 is 0 Å². The Hall–Kier alpha value is -1.87. The van der Waals surface area contributed by atoms with Crippen LogP contribution in [0.5, 0.6) is 0 Å². The number of benzene rings is 1. The summed E-state index contributed by atoms with van der Waals surface area (Å²) in [7, 11) is 0. The van der Waals surface area contributed by atoms with E-state index in [0.717, 1.165) is 17.9 Å². The van der Waals surface area contributed by atoms with Crippen LogP contribution in [0.25, 0.3) is 0 Å². The van der Waals surface area contributed by atoms with Crippen molar-refractivity contribution in [3.8, 4) is 0 Å². The monoisotopic (exact) mass is 257 g/mol. The SMILES string of the molecule is CCN(CC(=O)c1ccc(C)cc1)Cc1ccco1. The summed E-state index contributed by atoms with van der Waals surface area (Å²) in [5.74, 6) is 1.03. The highest BCUT2D eigenvalue weighted by atomic mass is 16.3. The Labute approximate surface area is 113 Å². The molecule has 2 aromatic rings. The third-order valence-corrected chi connectivity index (χ3v) is 3.15. The van der Waals surface area contributed by atoms with E-state index in [4.69, 9.17) is 4.42 Å². The molecule has 0 saturated heterocycles. The van der Waals surface area contributed by atoms with Crippen LogP contribution in [0, 0.1) is 6.92 Å². The molecule has 1 heterocycles. The standard InChI is InChI=1S/C16H19NO2/c1-3-17(11-15-5-4-10-19-15)12-16(18)14-8-6-13(2)7-9-14/h4-10H,3,11-12H2,1-2H3. The number of ketones is 1. The van der Waals surface area contributed by atoms with Crippen molar-refractivity contribution in [2.75, 3.05) is 13.1 Å². The molecule has 0 aliphatic heterocycles. The summed E-state index contributed by atoms with van der Waals surface area (Å²) in [5.41, 5.74) is 1.93. The van der Waals surface area contributed by atoms with Crippen LogP contribution in [0.1, 0.15) is 28.6 Å². The highest BCUT2D eigenvalue weighted by molar-refractivity contribution is 5.97. The minimum Gasteiger partial charge on any atom is -0.468 e. The molecule has 0 atom stereocenters. The van der Waals surface area contributed by atoms with Crippen LogP contribution in [0.4, 0.5) is 0 Å². The normalized spacial score (nSPS) is 10.9. The number of furan rings is 1. The van der Waals surface area contributed by atoms with Gasteiger partial charge in [-0.05, 0) is 25.6 Å². The maximum atomic E-state index is 12.2. The van der Waals surface area contributed by atoms with Crippen LogP contribution >= 0.6 is 0 Å². The second-order valence-electron chi connectivity index (χ2n) is 4.67. The van der Waals surface area contributed by atoms with Crippen molar-refractivity contribution in [3.05, 3.63) is 59.5 Å². The number of likely N-dealkylation sites (N-methyl/N-ethyl adjacent to an activating group) is 1. The zero-order chi connectivity index (χ0) is 13.7. The zero-order valence-corrected chi connectivity index (χ0v) is 11.4. The molecule has 0 aliphatic rings. The molecule has 3 nitrogen and oxygen atoms in total.